The van der Waals surface area contributed by atoms with Gasteiger partial charge in [0.15, 0.2) is 0 Å². The molecule has 2 heterocycles. The van der Waals surface area contributed by atoms with E-state index < -0.39 is 5.82 Å². The predicted octanol–water partition coefficient (Wildman–Crippen LogP) is 5.50. The van der Waals surface area contributed by atoms with E-state index in [1.807, 2.05) is 36.4 Å². The van der Waals surface area contributed by atoms with Gasteiger partial charge in [-0.3, -0.25) is 4.90 Å². The number of hydrogen-bond donors (Lipinski definition) is 0. The first-order valence-electron chi connectivity index (χ1n) is 11.8. The molecule has 2 bridgehead atoms. The Morgan fingerprint density at radius 1 is 1.06 bits per heavy atom. The largest absolute Gasteiger partial charge is 0.448 e. The number of carbonyl (C=O) groups excluding carboxylic acids is 1. The summed E-state index contributed by atoms with van der Waals surface area (Å²) >= 11 is 0. The predicted molar refractivity (Wildman–Crippen MR) is 129 cm³/mol. The number of nitrogens with zero attached hydrogens (tertiary/aromatic N) is 2. The van der Waals surface area contributed by atoms with Crippen molar-refractivity contribution in [2.24, 2.45) is 0 Å². The molecule has 0 N–H and O–H groups in total. The Balaban J connectivity index is 1.22. The zero-order chi connectivity index (χ0) is 23.9. The van der Waals surface area contributed by atoms with Gasteiger partial charge in [-0.05, 0) is 51.9 Å². The molecule has 3 aromatic rings. The zero-order valence-electron chi connectivity index (χ0n) is 19.0. The number of hydrogen-bond acceptors (Lipinski definition) is 4. The Bertz CT molecular complexity index is 1350. The van der Waals surface area contributed by atoms with E-state index in [4.69, 9.17) is 9.47 Å². The summed E-state index contributed by atoms with van der Waals surface area (Å²) in [5.74, 6) is -0.529. The van der Waals surface area contributed by atoms with Crippen LogP contribution in [0.1, 0.15) is 34.6 Å². The average Bonchev–Trinajstić information content (AvgIpc) is 3.20. The van der Waals surface area contributed by atoms with E-state index in [1.165, 1.54) is 28.3 Å². The molecule has 6 heteroatoms. The maximum atomic E-state index is 13.8. The second kappa shape index (κ2) is 8.68. The normalized spacial score (nSPS) is 20.5. The van der Waals surface area contributed by atoms with Gasteiger partial charge >= 0.3 is 6.09 Å². The quantitative estimate of drug-likeness (QED) is 0.511. The van der Waals surface area contributed by atoms with Gasteiger partial charge in [-0.1, -0.05) is 60.7 Å². The summed E-state index contributed by atoms with van der Waals surface area (Å²) in [6, 6.07) is 22.5. The molecule has 6 rings (SSSR count). The molecule has 0 radical (unpaired) electrons. The van der Waals surface area contributed by atoms with Crippen LogP contribution in [0.5, 0.6) is 0 Å². The molecule has 35 heavy (non-hydrogen) atoms. The van der Waals surface area contributed by atoms with Crippen LogP contribution in [0.4, 0.5) is 9.18 Å². The molecule has 174 valence electrons. The van der Waals surface area contributed by atoms with Crippen LogP contribution in [-0.4, -0.2) is 42.9 Å². The van der Waals surface area contributed by atoms with E-state index in [1.54, 1.807) is 17.0 Å². The first-order valence-corrected chi connectivity index (χ1v) is 11.8. The van der Waals surface area contributed by atoms with Crippen molar-refractivity contribution in [3.8, 4) is 17.2 Å². The highest BCUT2D eigenvalue weighted by Crippen LogP contribution is 2.44. The van der Waals surface area contributed by atoms with Crippen molar-refractivity contribution < 1.29 is 18.7 Å². The van der Waals surface area contributed by atoms with Crippen LogP contribution < -0.4 is 0 Å². The molecular formula is C29H23FN2O3. The average molecular weight is 467 g/mol. The third kappa shape index (κ3) is 3.69. The lowest BCUT2D eigenvalue weighted by Gasteiger charge is -2.44. The molecule has 1 fully saturated rings. The van der Waals surface area contributed by atoms with Crippen LogP contribution in [-0.2, 0) is 9.47 Å². The fraction of sp³-hybridized carbons (Fsp3) is 0.241. The van der Waals surface area contributed by atoms with Crippen LogP contribution in [0.25, 0.3) is 16.7 Å². The third-order valence-electron chi connectivity index (χ3n) is 7.20. The zero-order valence-corrected chi connectivity index (χ0v) is 19.0. The van der Waals surface area contributed by atoms with Gasteiger partial charge in [0, 0.05) is 5.92 Å². The van der Waals surface area contributed by atoms with Crippen molar-refractivity contribution in [3.05, 3.63) is 101 Å². The molecule has 2 aliphatic heterocycles. The molecule has 2 unspecified atom stereocenters. The van der Waals surface area contributed by atoms with Crippen molar-refractivity contribution in [2.75, 3.05) is 19.8 Å². The minimum absolute atomic E-state index is 0.00181. The lowest BCUT2D eigenvalue weighted by Crippen LogP contribution is -2.56. The summed E-state index contributed by atoms with van der Waals surface area (Å²) in [6.07, 6.45) is 2.18. The third-order valence-corrected chi connectivity index (χ3v) is 7.20. The maximum Gasteiger partial charge on any atom is 0.410 e. The Labute approximate surface area is 203 Å². The number of amides is 1. The second-order valence-corrected chi connectivity index (χ2v) is 9.17. The second-order valence-electron chi connectivity index (χ2n) is 9.17. The van der Waals surface area contributed by atoms with Gasteiger partial charge in [-0.2, -0.15) is 5.26 Å². The Kier molecular flexibility index (Phi) is 5.35. The van der Waals surface area contributed by atoms with Crippen molar-refractivity contribution in [3.63, 3.8) is 0 Å². The van der Waals surface area contributed by atoms with Gasteiger partial charge in [-0.15, -0.1) is 0 Å². The van der Waals surface area contributed by atoms with Gasteiger partial charge in [-0.25, -0.2) is 9.18 Å². The molecule has 0 saturated carbocycles. The lowest BCUT2D eigenvalue weighted by atomic mass is 9.89. The van der Waals surface area contributed by atoms with Crippen molar-refractivity contribution in [1.29, 1.82) is 5.26 Å². The summed E-state index contributed by atoms with van der Waals surface area (Å²) in [5, 5.41) is 9.19. The molecule has 2 atom stereocenters. The summed E-state index contributed by atoms with van der Waals surface area (Å²) in [6.45, 7) is 1.05. The molecular weight excluding hydrogens is 443 g/mol. The van der Waals surface area contributed by atoms with E-state index in [2.05, 4.69) is 24.3 Å². The molecule has 1 aliphatic carbocycles. The number of fused-ring (bicyclic) bond motifs is 5. The minimum atomic E-state index is -0.531. The molecule has 0 aromatic heterocycles. The van der Waals surface area contributed by atoms with Crippen molar-refractivity contribution in [1.82, 2.24) is 4.90 Å². The molecule has 3 aliphatic rings. The molecule has 1 amide bonds. The highest BCUT2D eigenvalue weighted by atomic mass is 19.1. The first kappa shape index (κ1) is 21.6. The summed E-state index contributed by atoms with van der Waals surface area (Å²) in [7, 11) is 0. The van der Waals surface area contributed by atoms with Crippen LogP contribution in [0.2, 0.25) is 0 Å². The molecule has 3 aromatic carbocycles. The van der Waals surface area contributed by atoms with Gasteiger partial charge in [0.05, 0.1) is 30.9 Å². The van der Waals surface area contributed by atoms with E-state index in [0.717, 1.165) is 11.1 Å². The highest BCUT2D eigenvalue weighted by Gasteiger charge is 2.40. The van der Waals surface area contributed by atoms with Crippen LogP contribution >= 0.6 is 0 Å². The van der Waals surface area contributed by atoms with Crippen molar-refractivity contribution >= 4 is 11.7 Å². The van der Waals surface area contributed by atoms with Crippen LogP contribution in [0.15, 0.2) is 72.8 Å². The fourth-order valence-corrected chi connectivity index (χ4v) is 5.57. The Morgan fingerprint density at radius 2 is 1.77 bits per heavy atom. The van der Waals surface area contributed by atoms with E-state index in [9.17, 15) is 14.4 Å². The SMILES string of the molecule is N#Cc1cc(C2=CC3COCC(C2)N3C(=O)OCC2c3ccccc3-c3ccccc32)ccc1F. The van der Waals surface area contributed by atoms with E-state index >= 15 is 0 Å². The molecule has 0 spiro atoms. The molecule has 1 saturated heterocycles. The lowest BCUT2D eigenvalue weighted by molar-refractivity contribution is -0.0331. The number of nitriles is 1. The van der Waals surface area contributed by atoms with Gasteiger partial charge in [0.25, 0.3) is 0 Å². The van der Waals surface area contributed by atoms with E-state index in [-0.39, 0.29) is 36.3 Å². The summed E-state index contributed by atoms with van der Waals surface area (Å²) in [4.78, 5) is 15.1. The maximum absolute atomic E-state index is 13.8. The highest BCUT2D eigenvalue weighted by molar-refractivity contribution is 5.79. The van der Waals surface area contributed by atoms with Gasteiger partial charge in [0.1, 0.15) is 18.5 Å². The van der Waals surface area contributed by atoms with Crippen molar-refractivity contribution in [2.45, 2.75) is 24.4 Å². The summed E-state index contributed by atoms with van der Waals surface area (Å²) in [5.41, 5.74) is 6.54. The minimum Gasteiger partial charge on any atom is -0.448 e. The number of ether oxygens (including phenoxy) is 2. The number of halogens is 1. The standard InChI is InChI=1S/C29H23FN2O3/c30-28-10-9-18(11-20(28)14-31)19-12-21-15-34-16-22(13-19)32(21)29(33)35-17-27-25-7-3-1-5-23(25)24-6-2-4-8-26(24)27/h1-12,21-22,27H,13,15-17H2. The monoisotopic (exact) mass is 466 g/mol. The Hall–Kier alpha value is -3.95. The molecule has 5 nitrogen and oxygen atoms in total. The van der Waals surface area contributed by atoms with Gasteiger partial charge < -0.3 is 9.47 Å². The number of morpholine rings is 1. The fourth-order valence-electron chi connectivity index (χ4n) is 5.57. The number of rotatable bonds is 3. The number of carbonyl (C=O) groups is 1. The van der Waals surface area contributed by atoms with E-state index in [0.29, 0.717) is 19.6 Å². The number of benzene rings is 3. The van der Waals surface area contributed by atoms with Gasteiger partial charge in [0.2, 0.25) is 0 Å². The first-order chi connectivity index (χ1) is 17.1. The smallest absolute Gasteiger partial charge is 0.410 e. The topological polar surface area (TPSA) is 62.6 Å². The Morgan fingerprint density at radius 3 is 2.46 bits per heavy atom. The van der Waals surface area contributed by atoms with Crippen LogP contribution in [0, 0.1) is 17.1 Å². The van der Waals surface area contributed by atoms with Crippen LogP contribution in [0.3, 0.4) is 0 Å². The summed E-state index contributed by atoms with van der Waals surface area (Å²) < 4.78 is 25.5.